The third-order valence-corrected chi connectivity index (χ3v) is 7.38. The zero-order valence-corrected chi connectivity index (χ0v) is 22.1. The summed E-state index contributed by atoms with van der Waals surface area (Å²) in [6.45, 7) is 7.09. The highest BCUT2D eigenvalue weighted by Gasteiger charge is 2.48. The molecule has 202 valence electrons. The molecule has 0 bridgehead atoms. The first-order valence-corrected chi connectivity index (χ1v) is 13.6. The van der Waals surface area contributed by atoms with Crippen molar-refractivity contribution >= 4 is 0 Å². The fourth-order valence-corrected chi connectivity index (χ4v) is 5.20. The minimum Gasteiger partial charge on any atom is -0.497 e. The van der Waals surface area contributed by atoms with Gasteiger partial charge in [0, 0.05) is 12.8 Å². The molecule has 2 saturated heterocycles. The Balaban J connectivity index is 1.36. The molecule has 2 N–H and O–H groups in total. The van der Waals surface area contributed by atoms with E-state index in [1.54, 1.807) is 7.11 Å². The summed E-state index contributed by atoms with van der Waals surface area (Å²) in [6, 6.07) is 7.88. The number of hydrogen-bond acceptors (Lipinski definition) is 6. The Hall–Kier alpha value is -1.70. The normalized spacial score (nSPS) is 27.9. The SMILES string of the molecule is C=CCCC[C@H](O)C[C@@H]1CC[C@@]2(CC[C@@H](C)[C@H]([C@H](O)C/C=C\CCOCc3ccc(OC)cc3)O2)O1. The van der Waals surface area contributed by atoms with E-state index in [9.17, 15) is 10.2 Å². The van der Waals surface area contributed by atoms with Crippen LogP contribution >= 0.6 is 0 Å². The van der Waals surface area contributed by atoms with Gasteiger partial charge in [-0.25, -0.2) is 0 Å². The van der Waals surface area contributed by atoms with Gasteiger partial charge in [0.1, 0.15) is 5.75 Å². The first-order chi connectivity index (χ1) is 17.4. The lowest BCUT2D eigenvalue weighted by atomic mass is 9.87. The topological polar surface area (TPSA) is 77.4 Å². The molecule has 2 heterocycles. The lowest BCUT2D eigenvalue weighted by molar-refractivity contribution is -0.296. The maximum atomic E-state index is 10.9. The molecule has 2 aliphatic rings. The Kier molecular flexibility index (Phi) is 11.9. The maximum absolute atomic E-state index is 10.9. The van der Waals surface area contributed by atoms with Crippen molar-refractivity contribution in [3.05, 3.63) is 54.6 Å². The van der Waals surface area contributed by atoms with Gasteiger partial charge < -0.3 is 29.2 Å². The van der Waals surface area contributed by atoms with E-state index in [0.29, 0.717) is 26.1 Å². The second kappa shape index (κ2) is 14.9. The van der Waals surface area contributed by atoms with Gasteiger partial charge in [0.15, 0.2) is 5.79 Å². The average molecular weight is 503 g/mol. The fourth-order valence-electron chi connectivity index (χ4n) is 5.20. The van der Waals surface area contributed by atoms with Crippen molar-refractivity contribution in [2.45, 2.75) is 108 Å². The van der Waals surface area contributed by atoms with Crippen LogP contribution in [0, 0.1) is 5.92 Å². The van der Waals surface area contributed by atoms with Crippen LogP contribution in [0.2, 0.25) is 0 Å². The highest BCUT2D eigenvalue weighted by Crippen LogP contribution is 2.44. The van der Waals surface area contributed by atoms with Gasteiger partial charge in [-0.1, -0.05) is 37.3 Å². The van der Waals surface area contributed by atoms with E-state index in [0.717, 1.165) is 62.7 Å². The van der Waals surface area contributed by atoms with E-state index in [4.69, 9.17) is 18.9 Å². The molecular formula is C30H46O6. The number of hydrogen-bond donors (Lipinski definition) is 2. The lowest BCUT2D eigenvalue weighted by Crippen LogP contribution is -2.49. The van der Waals surface area contributed by atoms with Gasteiger partial charge in [0.2, 0.25) is 0 Å². The standard InChI is InChI=1S/C30H46O6/c1-4-5-7-10-25(31)21-27-17-19-30(35-27)18-16-23(2)29(36-30)28(32)11-8-6-9-20-34-22-24-12-14-26(33-3)15-13-24/h4,6,8,12-15,23,25,27-29,31-32H,1,5,7,9-11,16-22H2,2-3H3/b8-6-/t23-,25+,27+,28-,29-,30+/m1/s1. The zero-order chi connectivity index (χ0) is 25.8. The summed E-state index contributed by atoms with van der Waals surface area (Å²) < 4.78 is 23.7. The first-order valence-electron chi connectivity index (χ1n) is 13.6. The first kappa shape index (κ1) is 28.9. The van der Waals surface area contributed by atoms with Crippen molar-refractivity contribution in [1.82, 2.24) is 0 Å². The third-order valence-electron chi connectivity index (χ3n) is 7.38. The van der Waals surface area contributed by atoms with Crippen LogP contribution < -0.4 is 4.74 Å². The van der Waals surface area contributed by atoms with Crippen LogP contribution in [0.25, 0.3) is 0 Å². The molecule has 3 rings (SSSR count). The summed E-state index contributed by atoms with van der Waals surface area (Å²) >= 11 is 0. The maximum Gasteiger partial charge on any atom is 0.169 e. The van der Waals surface area contributed by atoms with Crippen LogP contribution in [0.5, 0.6) is 5.75 Å². The summed E-state index contributed by atoms with van der Waals surface area (Å²) in [6.07, 6.45) is 13.0. The summed E-state index contributed by atoms with van der Waals surface area (Å²) in [7, 11) is 1.66. The Morgan fingerprint density at radius 2 is 1.89 bits per heavy atom. The minimum atomic E-state index is -0.608. The van der Waals surface area contributed by atoms with Crippen LogP contribution in [0.1, 0.15) is 76.7 Å². The molecule has 0 saturated carbocycles. The molecule has 0 radical (unpaired) electrons. The van der Waals surface area contributed by atoms with Crippen LogP contribution in [0.4, 0.5) is 0 Å². The summed E-state index contributed by atoms with van der Waals surface area (Å²) in [5, 5.41) is 21.2. The highest BCUT2D eigenvalue weighted by atomic mass is 16.7. The van der Waals surface area contributed by atoms with E-state index in [1.165, 1.54) is 0 Å². The van der Waals surface area contributed by atoms with Crippen LogP contribution in [-0.2, 0) is 20.8 Å². The van der Waals surface area contributed by atoms with Gasteiger partial charge in [-0.05, 0) is 75.0 Å². The predicted octanol–water partition coefficient (Wildman–Crippen LogP) is 5.71. The van der Waals surface area contributed by atoms with E-state index < -0.39 is 11.9 Å². The highest BCUT2D eigenvalue weighted by molar-refractivity contribution is 5.26. The summed E-state index contributed by atoms with van der Waals surface area (Å²) in [5.74, 6) is 0.511. The van der Waals surface area contributed by atoms with Gasteiger partial charge in [-0.15, -0.1) is 6.58 Å². The largest absolute Gasteiger partial charge is 0.497 e. The molecule has 1 spiro atoms. The number of allylic oxidation sites excluding steroid dienone is 1. The molecule has 6 nitrogen and oxygen atoms in total. The van der Waals surface area contributed by atoms with E-state index >= 15 is 0 Å². The van der Waals surface area contributed by atoms with Gasteiger partial charge in [0.25, 0.3) is 0 Å². The number of benzene rings is 1. The Morgan fingerprint density at radius 1 is 1.11 bits per heavy atom. The quantitative estimate of drug-likeness (QED) is 0.236. The van der Waals surface area contributed by atoms with Gasteiger partial charge in [-0.2, -0.15) is 0 Å². The molecule has 6 atom stereocenters. The molecule has 2 fully saturated rings. The molecule has 0 aliphatic carbocycles. The number of ether oxygens (including phenoxy) is 4. The van der Waals surface area contributed by atoms with Crippen molar-refractivity contribution in [3.8, 4) is 5.75 Å². The zero-order valence-electron chi connectivity index (χ0n) is 22.1. The fraction of sp³-hybridized carbons (Fsp3) is 0.667. The Bertz CT molecular complexity index is 793. The molecule has 0 aromatic heterocycles. The monoisotopic (exact) mass is 502 g/mol. The number of aliphatic hydroxyl groups excluding tert-OH is 2. The molecule has 6 heteroatoms. The van der Waals surface area contributed by atoms with Gasteiger partial charge in [-0.3, -0.25) is 0 Å². The molecule has 2 aliphatic heterocycles. The molecule has 1 aromatic carbocycles. The van der Waals surface area contributed by atoms with Crippen molar-refractivity contribution in [2.75, 3.05) is 13.7 Å². The predicted molar refractivity (Wildman–Crippen MR) is 142 cm³/mol. The number of methoxy groups -OCH3 is 1. The second-order valence-electron chi connectivity index (χ2n) is 10.4. The number of rotatable bonds is 15. The molecule has 36 heavy (non-hydrogen) atoms. The molecule has 0 unspecified atom stereocenters. The second-order valence-corrected chi connectivity index (χ2v) is 10.4. The number of aliphatic hydroxyl groups is 2. The van der Waals surface area contributed by atoms with Gasteiger partial charge >= 0.3 is 0 Å². The molecular weight excluding hydrogens is 456 g/mol. The van der Waals surface area contributed by atoms with Crippen LogP contribution in [-0.4, -0.2) is 54.1 Å². The van der Waals surface area contributed by atoms with Crippen molar-refractivity contribution < 1.29 is 29.2 Å². The third kappa shape index (κ3) is 9.00. The molecule has 1 aromatic rings. The smallest absolute Gasteiger partial charge is 0.169 e. The Morgan fingerprint density at radius 3 is 2.64 bits per heavy atom. The Labute approximate surface area is 217 Å². The summed E-state index contributed by atoms with van der Waals surface area (Å²) in [4.78, 5) is 0. The minimum absolute atomic E-state index is 0.0211. The van der Waals surface area contributed by atoms with Crippen molar-refractivity contribution in [2.24, 2.45) is 5.92 Å². The van der Waals surface area contributed by atoms with E-state index in [1.807, 2.05) is 36.4 Å². The lowest BCUT2D eigenvalue weighted by Gasteiger charge is -2.43. The van der Waals surface area contributed by atoms with Crippen LogP contribution in [0.3, 0.4) is 0 Å². The van der Waals surface area contributed by atoms with Gasteiger partial charge in [0.05, 0.1) is 44.7 Å². The average Bonchev–Trinajstić information content (AvgIpc) is 3.27. The van der Waals surface area contributed by atoms with Crippen LogP contribution in [0.15, 0.2) is 49.1 Å². The van der Waals surface area contributed by atoms with Crippen molar-refractivity contribution in [3.63, 3.8) is 0 Å². The van der Waals surface area contributed by atoms with Crippen molar-refractivity contribution in [1.29, 1.82) is 0 Å². The summed E-state index contributed by atoms with van der Waals surface area (Å²) in [5.41, 5.74) is 1.12. The van der Waals surface area contributed by atoms with E-state index in [2.05, 4.69) is 19.6 Å². The molecule has 0 amide bonds. The number of unbranched alkanes of at least 4 members (excludes halogenated alkanes) is 1. The van der Waals surface area contributed by atoms with E-state index in [-0.39, 0.29) is 24.2 Å².